The average molecular weight is 245 g/mol. The SMILES string of the molecule is NCCNCc1ccc(N)c(S(=O)(=O)O)c1. The topological polar surface area (TPSA) is 118 Å². The molecule has 16 heavy (non-hydrogen) atoms. The van der Waals surface area contributed by atoms with Crippen LogP contribution >= 0.6 is 0 Å². The lowest BCUT2D eigenvalue weighted by molar-refractivity contribution is 0.483. The maximum Gasteiger partial charge on any atom is 0.296 e. The zero-order valence-electron chi connectivity index (χ0n) is 8.68. The van der Waals surface area contributed by atoms with Crippen molar-refractivity contribution in [1.82, 2.24) is 5.32 Å². The molecular weight excluding hydrogens is 230 g/mol. The fourth-order valence-electron chi connectivity index (χ4n) is 1.25. The molecule has 0 amide bonds. The summed E-state index contributed by atoms with van der Waals surface area (Å²) < 4.78 is 30.9. The normalized spacial score (nSPS) is 11.6. The Bertz CT molecular complexity index is 459. The predicted octanol–water partition coefficient (Wildman–Crippen LogP) is -0.436. The van der Waals surface area contributed by atoms with Gasteiger partial charge in [-0.25, -0.2) is 0 Å². The van der Waals surface area contributed by atoms with Gasteiger partial charge in [0.2, 0.25) is 0 Å². The number of rotatable bonds is 5. The summed E-state index contributed by atoms with van der Waals surface area (Å²) in [4.78, 5) is -0.264. The van der Waals surface area contributed by atoms with Crippen molar-refractivity contribution in [2.45, 2.75) is 11.4 Å². The molecule has 0 aliphatic heterocycles. The van der Waals surface area contributed by atoms with Gasteiger partial charge in [0.25, 0.3) is 10.1 Å². The smallest absolute Gasteiger partial charge is 0.296 e. The lowest BCUT2D eigenvalue weighted by Gasteiger charge is -2.07. The molecular formula is C9H15N3O3S. The molecule has 0 spiro atoms. The Balaban J connectivity index is 2.91. The van der Waals surface area contributed by atoms with E-state index in [9.17, 15) is 8.42 Å². The van der Waals surface area contributed by atoms with Gasteiger partial charge >= 0.3 is 0 Å². The van der Waals surface area contributed by atoms with E-state index in [4.69, 9.17) is 16.0 Å². The first kappa shape index (κ1) is 12.9. The number of nitrogens with two attached hydrogens (primary N) is 2. The Kier molecular flexibility index (Phi) is 4.25. The molecule has 0 unspecified atom stereocenters. The first-order chi connectivity index (χ1) is 7.45. The number of hydrogen-bond donors (Lipinski definition) is 4. The zero-order valence-corrected chi connectivity index (χ0v) is 9.50. The standard InChI is InChI=1S/C9H15N3O3S/c10-3-4-12-6-7-1-2-8(11)9(5-7)16(13,14)15/h1-2,5,12H,3-4,6,10-11H2,(H,13,14,15). The molecule has 0 saturated carbocycles. The van der Waals surface area contributed by atoms with Gasteiger partial charge in [-0.2, -0.15) is 8.42 Å². The molecule has 90 valence electrons. The van der Waals surface area contributed by atoms with Gasteiger partial charge in [-0.1, -0.05) is 6.07 Å². The number of anilines is 1. The van der Waals surface area contributed by atoms with Crippen LogP contribution in [0.1, 0.15) is 5.56 Å². The van der Waals surface area contributed by atoms with Crippen molar-refractivity contribution in [3.63, 3.8) is 0 Å². The Labute approximate surface area is 94.4 Å². The van der Waals surface area contributed by atoms with Gasteiger partial charge in [0.05, 0.1) is 5.69 Å². The van der Waals surface area contributed by atoms with Crippen LogP contribution in [0.4, 0.5) is 5.69 Å². The highest BCUT2D eigenvalue weighted by Gasteiger charge is 2.14. The molecule has 0 atom stereocenters. The van der Waals surface area contributed by atoms with Crippen LogP contribution in [-0.4, -0.2) is 26.1 Å². The third-order valence-electron chi connectivity index (χ3n) is 2.01. The molecule has 0 aliphatic carbocycles. The molecule has 7 heteroatoms. The van der Waals surface area contributed by atoms with Crippen LogP contribution in [0.5, 0.6) is 0 Å². The van der Waals surface area contributed by atoms with Crippen LogP contribution in [0.15, 0.2) is 23.1 Å². The molecule has 0 bridgehead atoms. The maximum atomic E-state index is 11.0. The molecule has 0 fully saturated rings. The summed E-state index contributed by atoms with van der Waals surface area (Å²) in [6.45, 7) is 1.60. The largest absolute Gasteiger partial charge is 0.398 e. The molecule has 0 radical (unpaired) electrons. The minimum absolute atomic E-state index is 0.0325. The molecule has 0 heterocycles. The van der Waals surface area contributed by atoms with E-state index in [0.29, 0.717) is 19.6 Å². The Morgan fingerprint density at radius 1 is 1.38 bits per heavy atom. The van der Waals surface area contributed by atoms with Crippen LogP contribution < -0.4 is 16.8 Å². The minimum atomic E-state index is -4.26. The van der Waals surface area contributed by atoms with Gasteiger partial charge in [-0.3, -0.25) is 4.55 Å². The van der Waals surface area contributed by atoms with Crippen molar-refractivity contribution in [3.8, 4) is 0 Å². The Morgan fingerprint density at radius 3 is 2.62 bits per heavy atom. The van der Waals surface area contributed by atoms with Crippen molar-refractivity contribution in [2.75, 3.05) is 18.8 Å². The van der Waals surface area contributed by atoms with Gasteiger partial charge in [-0.15, -0.1) is 0 Å². The number of hydrogen-bond acceptors (Lipinski definition) is 5. The quantitative estimate of drug-likeness (QED) is 0.317. The summed E-state index contributed by atoms with van der Waals surface area (Å²) in [6.07, 6.45) is 0. The molecule has 1 aromatic rings. The third-order valence-corrected chi connectivity index (χ3v) is 2.92. The van der Waals surface area contributed by atoms with Crippen molar-refractivity contribution in [3.05, 3.63) is 23.8 Å². The predicted molar refractivity (Wildman–Crippen MR) is 61.4 cm³/mol. The molecule has 0 aromatic heterocycles. The third kappa shape index (κ3) is 3.46. The van der Waals surface area contributed by atoms with Crippen LogP contribution in [0.3, 0.4) is 0 Å². The van der Waals surface area contributed by atoms with Crippen molar-refractivity contribution in [1.29, 1.82) is 0 Å². The summed E-state index contributed by atoms with van der Waals surface area (Å²) >= 11 is 0. The fourth-order valence-corrected chi connectivity index (χ4v) is 1.91. The average Bonchev–Trinajstić information content (AvgIpc) is 2.19. The highest BCUT2D eigenvalue weighted by Crippen LogP contribution is 2.19. The summed E-state index contributed by atoms with van der Waals surface area (Å²) in [5, 5.41) is 3.01. The van der Waals surface area contributed by atoms with Crippen LogP contribution in [0.2, 0.25) is 0 Å². The monoisotopic (exact) mass is 245 g/mol. The Hall–Kier alpha value is -1.15. The van der Waals surface area contributed by atoms with E-state index < -0.39 is 10.1 Å². The number of nitrogens with one attached hydrogen (secondary N) is 1. The second-order valence-corrected chi connectivity index (χ2v) is 4.70. The van der Waals surface area contributed by atoms with Gasteiger partial charge in [-0.05, 0) is 17.7 Å². The van der Waals surface area contributed by atoms with E-state index in [0.717, 1.165) is 5.56 Å². The van der Waals surface area contributed by atoms with Gasteiger partial charge in [0.15, 0.2) is 0 Å². The molecule has 0 aliphatic rings. The van der Waals surface area contributed by atoms with E-state index in [-0.39, 0.29) is 10.6 Å². The number of nitrogen functional groups attached to an aromatic ring is 1. The summed E-state index contributed by atoms with van der Waals surface area (Å²) in [5.41, 5.74) is 11.5. The summed E-state index contributed by atoms with van der Waals surface area (Å²) in [7, 11) is -4.26. The highest BCUT2D eigenvalue weighted by atomic mass is 32.2. The first-order valence-corrected chi connectivity index (χ1v) is 6.16. The molecule has 1 aromatic carbocycles. The van der Waals surface area contributed by atoms with Gasteiger partial charge in [0.1, 0.15) is 4.90 Å². The van der Waals surface area contributed by atoms with Crippen LogP contribution in [0, 0.1) is 0 Å². The second-order valence-electron chi connectivity index (χ2n) is 3.31. The van der Waals surface area contributed by atoms with E-state index in [1.165, 1.54) is 12.1 Å². The summed E-state index contributed by atoms with van der Waals surface area (Å²) in [6, 6.07) is 4.48. The summed E-state index contributed by atoms with van der Waals surface area (Å²) in [5.74, 6) is 0. The molecule has 6 N–H and O–H groups in total. The lowest BCUT2D eigenvalue weighted by Crippen LogP contribution is -2.22. The van der Waals surface area contributed by atoms with Crippen molar-refractivity contribution < 1.29 is 13.0 Å². The molecule has 0 saturated heterocycles. The Morgan fingerprint density at radius 2 is 2.06 bits per heavy atom. The minimum Gasteiger partial charge on any atom is -0.398 e. The highest BCUT2D eigenvalue weighted by molar-refractivity contribution is 7.86. The van der Waals surface area contributed by atoms with Crippen LogP contribution in [0.25, 0.3) is 0 Å². The van der Waals surface area contributed by atoms with Gasteiger partial charge in [0, 0.05) is 19.6 Å². The van der Waals surface area contributed by atoms with Crippen molar-refractivity contribution >= 4 is 15.8 Å². The van der Waals surface area contributed by atoms with E-state index in [1.54, 1.807) is 6.07 Å². The van der Waals surface area contributed by atoms with Crippen molar-refractivity contribution in [2.24, 2.45) is 5.73 Å². The zero-order chi connectivity index (χ0) is 12.2. The lowest BCUT2D eigenvalue weighted by atomic mass is 10.2. The molecule has 1 rings (SSSR count). The maximum absolute atomic E-state index is 11.0. The number of benzene rings is 1. The van der Waals surface area contributed by atoms with E-state index >= 15 is 0 Å². The van der Waals surface area contributed by atoms with Gasteiger partial charge < -0.3 is 16.8 Å². The fraction of sp³-hybridized carbons (Fsp3) is 0.333. The van der Waals surface area contributed by atoms with E-state index in [2.05, 4.69) is 5.32 Å². The first-order valence-electron chi connectivity index (χ1n) is 4.72. The second kappa shape index (κ2) is 5.26. The van der Waals surface area contributed by atoms with Crippen LogP contribution in [-0.2, 0) is 16.7 Å². The van der Waals surface area contributed by atoms with E-state index in [1.807, 2.05) is 0 Å². The molecule has 6 nitrogen and oxygen atoms in total.